The highest BCUT2D eigenvalue weighted by Gasteiger charge is 2.23. The number of aliphatic hydroxyl groups is 1. The van der Waals surface area contributed by atoms with Gasteiger partial charge in [0.15, 0.2) is 0 Å². The number of rotatable bonds is 14. The van der Waals surface area contributed by atoms with Crippen LogP contribution in [0.1, 0.15) is 25.1 Å². The van der Waals surface area contributed by atoms with Crippen molar-refractivity contribution in [3.8, 4) is 17.3 Å². The molecule has 0 aliphatic rings. The van der Waals surface area contributed by atoms with Gasteiger partial charge in [-0.1, -0.05) is 38.1 Å². The third-order valence-corrected chi connectivity index (χ3v) is 5.37. The Morgan fingerprint density at radius 2 is 1.86 bits per heavy atom. The molecule has 8 heteroatoms. The second-order valence-electron chi connectivity index (χ2n) is 8.99. The number of halogens is 1. The number of benzene rings is 2. The molecular weight excluding hydrogens is 449 g/mol. The largest absolute Gasteiger partial charge is 0.438 e. The Hall–Kier alpha value is -2.78. The van der Waals surface area contributed by atoms with Crippen LogP contribution in [-0.4, -0.2) is 65.9 Å². The van der Waals surface area contributed by atoms with Crippen LogP contribution in [0.15, 0.2) is 54.6 Å². The average Bonchev–Trinajstić information content (AvgIpc) is 3.12. The van der Waals surface area contributed by atoms with Crippen molar-refractivity contribution < 1.29 is 23.7 Å². The van der Waals surface area contributed by atoms with Crippen LogP contribution in [0, 0.1) is 18.7 Å². The van der Waals surface area contributed by atoms with E-state index < -0.39 is 6.10 Å². The van der Waals surface area contributed by atoms with Gasteiger partial charge in [0.1, 0.15) is 11.6 Å². The van der Waals surface area contributed by atoms with Crippen molar-refractivity contribution in [2.45, 2.75) is 33.4 Å². The van der Waals surface area contributed by atoms with Gasteiger partial charge in [0.05, 0.1) is 36.3 Å². The number of para-hydroxylation sites is 1. The number of nitrogens with zero attached hydrogens (tertiary/aromatic N) is 3. The van der Waals surface area contributed by atoms with Crippen molar-refractivity contribution in [2.75, 3.05) is 40.0 Å². The summed E-state index contributed by atoms with van der Waals surface area (Å²) >= 11 is 0. The lowest BCUT2D eigenvalue weighted by Gasteiger charge is -2.25. The molecule has 2 aromatic carbocycles. The standard InChI is InChI=1S/C27H36FN3O4/c1-20(2)18-34-19-24(32)16-30(13-14-33-4)17-26-21(3)29-31(23-10-6-5-7-11-23)27(26)35-25-12-8-9-22(28)15-25/h5-12,15,20,24,32H,13-14,16-19H2,1-4H3/t24-/m0/s1. The lowest BCUT2D eigenvalue weighted by molar-refractivity contribution is 0.00323. The lowest BCUT2D eigenvalue weighted by atomic mass is 10.2. The zero-order chi connectivity index (χ0) is 25.2. The summed E-state index contributed by atoms with van der Waals surface area (Å²) in [5, 5.41) is 15.3. The molecule has 1 N–H and O–H groups in total. The quantitative estimate of drug-likeness (QED) is 0.360. The summed E-state index contributed by atoms with van der Waals surface area (Å²) < 4.78 is 32.7. The molecule has 0 amide bonds. The van der Waals surface area contributed by atoms with Crippen molar-refractivity contribution in [1.29, 1.82) is 0 Å². The Balaban J connectivity index is 1.89. The summed E-state index contributed by atoms with van der Waals surface area (Å²) in [4.78, 5) is 2.09. The first-order chi connectivity index (χ1) is 16.9. The van der Waals surface area contributed by atoms with Crippen molar-refractivity contribution in [3.05, 3.63) is 71.7 Å². The molecule has 0 aliphatic heterocycles. The fourth-order valence-corrected chi connectivity index (χ4v) is 3.68. The molecule has 1 aromatic heterocycles. The Morgan fingerprint density at radius 1 is 1.09 bits per heavy atom. The van der Waals surface area contributed by atoms with Crippen LogP contribution >= 0.6 is 0 Å². The number of aliphatic hydroxyl groups excluding tert-OH is 1. The van der Waals surface area contributed by atoms with E-state index in [-0.39, 0.29) is 12.4 Å². The van der Waals surface area contributed by atoms with E-state index in [1.54, 1.807) is 23.9 Å². The smallest absolute Gasteiger partial charge is 0.227 e. The molecule has 1 atom stereocenters. The number of hydrogen-bond acceptors (Lipinski definition) is 6. The normalized spacial score (nSPS) is 12.5. The average molecular weight is 486 g/mol. The molecule has 0 radical (unpaired) electrons. The highest BCUT2D eigenvalue weighted by molar-refractivity contribution is 5.43. The summed E-state index contributed by atoms with van der Waals surface area (Å²) in [6.07, 6.45) is -0.650. The number of ether oxygens (including phenoxy) is 3. The maximum Gasteiger partial charge on any atom is 0.227 e. The van der Waals surface area contributed by atoms with Gasteiger partial charge in [0.2, 0.25) is 5.88 Å². The highest BCUT2D eigenvalue weighted by atomic mass is 19.1. The van der Waals surface area contributed by atoms with Crippen LogP contribution in [0.3, 0.4) is 0 Å². The Kier molecular flexibility index (Phi) is 10.2. The predicted octanol–water partition coefficient (Wildman–Crippen LogP) is 4.59. The van der Waals surface area contributed by atoms with Gasteiger partial charge >= 0.3 is 0 Å². The van der Waals surface area contributed by atoms with Gasteiger partial charge in [-0.25, -0.2) is 9.07 Å². The molecule has 0 aliphatic carbocycles. The number of aryl methyl sites for hydroxylation is 1. The van der Waals surface area contributed by atoms with E-state index >= 15 is 0 Å². The number of aromatic nitrogens is 2. The van der Waals surface area contributed by atoms with E-state index in [2.05, 4.69) is 18.7 Å². The maximum atomic E-state index is 13.9. The molecule has 0 bridgehead atoms. The molecule has 3 aromatic rings. The van der Waals surface area contributed by atoms with Gasteiger partial charge in [-0.05, 0) is 37.1 Å². The second-order valence-corrected chi connectivity index (χ2v) is 8.99. The molecule has 3 rings (SSSR count). The molecule has 0 unspecified atom stereocenters. The first kappa shape index (κ1) is 26.8. The minimum atomic E-state index is -0.650. The van der Waals surface area contributed by atoms with Crippen LogP contribution < -0.4 is 4.74 Å². The zero-order valence-electron chi connectivity index (χ0n) is 21.0. The molecule has 1 heterocycles. The third kappa shape index (κ3) is 8.14. The molecular formula is C27H36FN3O4. The topological polar surface area (TPSA) is 69.0 Å². The predicted molar refractivity (Wildman–Crippen MR) is 134 cm³/mol. The first-order valence-electron chi connectivity index (χ1n) is 11.9. The van der Waals surface area contributed by atoms with Crippen molar-refractivity contribution in [2.24, 2.45) is 5.92 Å². The zero-order valence-corrected chi connectivity index (χ0v) is 21.0. The van der Waals surface area contributed by atoms with Gasteiger partial charge in [-0.2, -0.15) is 5.10 Å². The summed E-state index contributed by atoms with van der Waals surface area (Å²) in [6, 6.07) is 15.7. The van der Waals surface area contributed by atoms with Crippen molar-refractivity contribution in [1.82, 2.24) is 14.7 Å². The lowest BCUT2D eigenvalue weighted by Crippen LogP contribution is -2.37. The van der Waals surface area contributed by atoms with Gasteiger partial charge < -0.3 is 19.3 Å². The number of methoxy groups -OCH3 is 1. The van der Waals surface area contributed by atoms with Gasteiger partial charge in [-0.3, -0.25) is 4.90 Å². The second kappa shape index (κ2) is 13.3. The van der Waals surface area contributed by atoms with Crippen LogP contribution in [0.25, 0.3) is 5.69 Å². The third-order valence-electron chi connectivity index (χ3n) is 5.37. The number of hydrogen-bond donors (Lipinski definition) is 1. The highest BCUT2D eigenvalue weighted by Crippen LogP contribution is 2.32. The maximum absolute atomic E-state index is 13.9. The first-order valence-corrected chi connectivity index (χ1v) is 11.9. The van der Waals surface area contributed by atoms with Crippen molar-refractivity contribution >= 4 is 0 Å². The molecule has 0 spiro atoms. The summed E-state index contributed by atoms with van der Waals surface area (Å²) in [5.74, 6) is 0.916. The summed E-state index contributed by atoms with van der Waals surface area (Å²) in [7, 11) is 1.65. The van der Waals surface area contributed by atoms with Crippen LogP contribution in [0.4, 0.5) is 4.39 Å². The van der Waals surface area contributed by atoms with E-state index in [0.29, 0.717) is 50.4 Å². The summed E-state index contributed by atoms with van der Waals surface area (Å²) in [6.45, 7) is 8.91. The fourth-order valence-electron chi connectivity index (χ4n) is 3.68. The van der Waals surface area contributed by atoms with E-state index in [9.17, 15) is 9.50 Å². The van der Waals surface area contributed by atoms with Crippen LogP contribution in [0.5, 0.6) is 11.6 Å². The summed E-state index contributed by atoms with van der Waals surface area (Å²) in [5.41, 5.74) is 2.47. The fraction of sp³-hybridized carbons (Fsp3) is 0.444. The van der Waals surface area contributed by atoms with Crippen molar-refractivity contribution in [3.63, 3.8) is 0 Å². The van der Waals surface area contributed by atoms with Gasteiger partial charge in [-0.15, -0.1) is 0 Å². The molecule has 35 heavy (non-hydrogen) atoms. The van der Waals surface area contributed by atoms with Crippen LogP contribution in [0.2, 0.25) is 0 Å². The van der Waals surface area contributed by atoms with Gasteiger partial charge in [0, 0.05) is 39.4 Å². The monoisotopic (exact) mass is 485 g/mol. The van der Waals surface area contributed by atoms with Crippen LogP contribution in [-0.2, 0) is 16.0 Å². The molecule has 0 saturated heterocycles. The minimum absolute atomic E-state index is 0.260. The Bertz CT molecular complexity index is 1040. The minimum Gasteiger partial charge on any atom is -0.438 e. The van der Waals surface area contributed by atoms with E-state index in [1.807, 2.05) is 37.3 Å². The van der Waals surface area contributed by atoms with E-state index in [1.165, 1.54) is 12.1 Å². The molecule has 0 fully saturated rings. The van der Waals surface area contributed by atoms with E-state index in [4.69, 9.17) is 19.3 Å². The van der Waals surface area contributed by atoms with Gasteiger partial charge in [0.25, 0.3) is 0 Å². The molecule has 7 nitrogen and oxygen atoms in total. The van der Waals surface area contributed by atoms with E-state index in [0.717, 1.165) is 16.9 Å². The SMILES string of the molecule is COCCN(Cc1c(C)nn(-c2ccccc2)c1Oc1cccc(F)c1)C[C@H](O)COCC(C)C. The molecule has 0 saturated carbocycles. The Morgan fingerprint density at radius 3 is 2.54 bits per heavy atom. The Labute approximate surface area is 207 Å². The molecule has 190 valence electrons.